The van der Waals surface area contributed by atoms with Crippen molar-refractivity contribution in [1.29, 1.82) is 0 Å². The van der Waals surface area contributed by atoms with E-state index in [-0.39, 0.29) is 11.5 Å². The highest BCUT2D eigenvalue weighted by atomic mass is 35.5. The fraction of sp³-hybridized carbons (Fsp3) is 0.167. The van der Waals surface area contributed by atoms with Gasteiger partial charge in [-0.15, -0.1) is 0 Å². The molecule has 1 aromatic heterocycles. The number of imidazole rings is 1. The number of hydrogen-bond donors (Lipinski definition) is 1. The van der Waals surface area contributed by atoms with Gasteiger partial charge in [0.1, 0.15) is 5.82 Å². The molecule has 0 fully saturated rings. The summed E-state index contributed by atoms with van der Waals surface area (Å²) in [5, 5.41) is 4.38. The van der Waals surface area contributed by atoms with Crippen LogP contribution in [0.3, 0.4) is 0 Å². The summed E-state index contributed by atoms with van der Waals surface area (Å²) in [7, 11) is 0. The van der Waals surface area contributed by atoms with Crippen LogP contribution in [0.1, 0.15) is 16.8 Å². The molecule has 0 aliphatic heterocycles. The first-order valence-electron chi connectivity index (χ1n) is 5.29. The monoisotopic (exact) mass is 266 g/mol. The molecule has 1 heterocycles. The number of hydrogen-bond acceptors (Lipinski definition) is 3. The minimum Gasteiger partial charge on any atom is -0.368 e. The maximum Gasteiger partial charge on any atom is 0.221 e. The van der Waals surface area contributed by atoms with Crippen LogP contribution in [-0.2, 0) is 0 Å². The normalized spacial score (nSPS) is 11.3. The molecule has 0 amide bonds. The van der Waals surface area contributed by atoms with Crippen LogP contribution in [0.25, 0.3) is 0 Å². The van der Waals surface area contributed by atoms with Crippen molar-refractivity contribution in [1.82, 2.24) is 9.66 Å². The summed E-state index contributed by atoms with van der Waals surface area (Å²) in [5.74, 6) is -0.183. The molecule has 0 atom stereocenters. The number of aryl methyl sites for hydroxylation is 2. The Morgan fingerprint density at radius 1 is 1.44 bits per heavy atom. The summed E-state index contributed by atoms with van der Waals surface area (Å²) in [6.07, 6.45) is 2.98. The molecule has 0 bridgehead atoms. The van der Waals surface area contributed by atoms with E-state index in [0.29, 0.717) is 5.02 Å². The van der Waals surface area contributed by atoms with E-state index < -0.39 is 5.82 Å². The van der Waals surface area contributed by atoms with E-state index in [2.05, 4.69) is 10.1 Å². The van der Waals surface area contributed by atoms with Crippen molar-refractivity contribution >= 4 is 23.8 Å². The molecule has 1 aromatic carbocycles. The van der Waals surface area contributed by atoms with Crippen LogP contribution in [0.15, 0.2) is 23.4 Å². The molecule has 2 rings (SSSR count). The quantitative estimate of drug-likeness (QED) is 0.850. The minimum atomic E-state index is -0.426. The Morgan fingerprint density at radius 3 is 2.78 bits per heavy atom. The zero-order chi connectivity index (χ0) is 13.3. The van der Waals surface area contributed by atoms with E-state index in [1.807, 2.05) is 0 Å². The molecule has 0 spiro atoms. The Balaban J connectivity index is 2.40. The topological polar surface area (TPSA) is 56.2 Å². The summed E-state index contributed by atoms with van der Waals surface area (Å²) >= 11 is 6.02. The summed E-state index contributed by atoms with van der Waals surface area (Å²) in [4.78, 5) is 3.99. The van der Waals surface area contributed by atoms with Gasteiger partial charge in [0, 0.05) is 5.56 Å². The Bertz CT molecular complexity index is 619. The Hall–Kier alpha value is -1.88. The molecule has 4 nitrogen and oxygen atoms in total. The Labute approximate surface area is 109 Å². The molecular formula is C12H12ClFN4. The second kappa shape index (κ2) is 4.78. The van der Waals surface area contributed by atoms with E-state index in [1.54, 1.807) is 26.1 Å². The van der Waals surface area contributed by atoms with Gasteiger partial charge in [0.2, 0.25) is 5.95 Å². The molecule has 2 N–H and O–H groups in total. The van der Waals surface area contributed by atoms with Gasteiger partial charge in [-0.25, -0.2) is 14.1 Å². The lowest BCUT2D eigenvalue weighted by Crippen LogP contribution is -1.99. The van der Waals surface area contributed by atoms with Gasteiger partial charge in [0.25, 0.3) is 0 Å². The van der Waals surface area contributed by atoms with Gasteiger partial charge in [0.15, 0.2) is 0 Å². The number of aromatic nitrogens is 2. The fourth-order valence-electron chi connectivity index (χ4n) is 1.51. The third kappa shape index (κ3) is 2.36. The van der Waals surface area contributed by atoms with E-state index in [4.69, 9.17) is 17.3 Å². The van der Waals surface area contributed by atoms with Crippen molar-refractivity contribution < 1.29 is 4.39 Å². The number of nitrogen functional groups attached to an aromatic ring is 1. The first-order valence-corrected chi connectivity index (χ1v) is 5.67. The predicted molar refractivity (Wildman–Crippen MR) is 70.5 cm³/mol. The molecule has 2 aromatic rings. The van der Waals surface area contributed by atoms with Crippen molar-refractivity contribution in [3.63, 3.8) is 0 Å². The van der Waals surface area contributed by atoms with Crippen LogP contribution < -0.4 is 5.73 Å². The van der Waals surface area contributed by atoms with Gasteiger partial charge in [-0.05, 0) is 25.5 Å². The maximum atomic E-state index is 13.6. The molecule has 18 heavy (non-hydrogen) atoms. The van der Waals surface area contributed by atoms with Gasteiger partial charge in [-0.2, -0.15) is 5.10 Å². The first-order chi connectivity index (χ1) is 8.49. The van der Waals surface area contributed by atoms with E-state index in [0.717, 1.165) is 11.3 Å². The fourth-order valence-corrected chi connectivity index (χ4v) is 1.72. The zero-order valence-corrected chi connectivity index (χ0v) is 10.7. The van der Waals surface area contributed by atoms with Crippen molar-refractivity contribution in [2.24, 2.45) is 5.10 Å². The number of rotatable bonds is 2. The molecule has 94 valence electrons. The number of benzene rings is 1. The molecule has 0 unspecified atom stereocenters. The van der Waals surface area contributed by atoms with Crippen LogP contribution in [0.4, 0.5) is 10.3 Å². The lowest BCUT2D eigenvalue weighted by atomic mass is 10.1. The molecule has 6 heteroatoms. The van der Waals surface area contributed by atoms with Gasteiger partial charge in [0.05, 0.1) is 23.1 Å². The molecule has 0 aliphatic carbocycles. The molecule has 0 saturated heterocycles. The summed E-state index contributed by atoms with van der Waals surface area (Å²) < 4.78 is 15.0. The van der Waals surface area contributed by atoms with Crippen molar-refractivity contribution in [3.05, 3.63) is 46.0 Å². The van der Waals surface area contributed by atoms with Crippen molar-refractivity contribution in [2.75, 3.05) is 5.73 Å². The highest BCUT2D eigenvalue weighted by Crippen LogP contribution is 2.21. The first kappa shape index (κ1) is 12.6. The molecule has 0 radical (unpaired) electrons. The third-order valence-electron chi connectivity index (χ3n) is 2.47. The molecular weight excluding hydrogens is 255 g/mol. The summed E-state index contributed by atoms with van der Waals surface area (Å²) in [5.41, 5.74) is 7.38. The summed E-state index contributed by atoms with van der Waals surface area (Å²) in [6.45, 7) is 3.59. The predicted octanol–water partition coefficient (Wildman–Crippen LogP) is 2.76. The van der Waals surface area contributed by atoms with Crippen LogP contribution >= 0.6 is 11.6 Å². The lowest BCUT2D eigenvalue weighted by Gasteiger charge is -2.03. The van der Waals surface area contributed by atoms with E-state index in [1.165, 1.54) is 17.0 Å². The van der Waals surface area contributed by atoms with Gasteiger partial charge in [-0.1, -0.05) is 17.7 Å². The van der Waals surface area contributed by atoms with Gasteiger partial charge >= 0.3 is 0 Å². The highest BCUT2D eigenvalue weighted by molar-refractivity contribution is 6.33. The summed E-state index contributed by atoms with van der Waals surface area (Å²) in [6, 6.07) is 2.97. The smallest absolute Gasteiger partial charge is 0.221 e. The number of nitrogens with zero attached hydrogens (tertiary/aromatic N) is 3. The number of nitrogens with two attached hydrogens (primary N) is 1. The molecule has 0 saturated carbocycles. The lowest BCUT2D eigenvalue weighted by molar-refractivity contribution is 0.625. The van der Waals surface area contributed by atoms with E-state index in [9.17, 15) is 4.39 Å². The van der Waals surface area contributed by atoms with Crippen molar-refractivity contribution in [2.45, 2.75) is 13.8 Å². The van der Waals surface area contributed by atoms with Gasteiger partial charge in [-0.3, -0.25) is 0 Å². The maximum absolute atomic E-state index is 13.6. The Morgan fingerprint density at radius 2 is 2.17 bits per heavy atom. The second-order valence-corrected chi connectivity index (χ2v) is 4.30. The largest absolute Gasteiger partial charge is 0.368 e. The molecule has 0 aliphatic rings. The minimum absolute atomic E-state index is 0.238. The third-order valence-corrected chi connectivity index (χ3v) is 2.97. The van der Waals surface area contributed by atoms with Crippen LogP contribution in [0, 0.1) is 19.7 Å². The highest BCUT2D eigenvalue weighted by Gasteiger charge is 2.08. The number of anilines is 1. The number of halogens is 2. The van der Waals surface area contributed by atoms with Crippen LogP contribution in [0.2, 0.25) is 5.02 Å². The Kier molecular flexibility index (Phi) is 3.34. The average Bonchev–Trinajstić information content (AvgIpc) is 2.63. The van der Waals surface area contributed by atoms with Crippen LogP contribution in [0.5, 0.6) is 0 Å². The standard InChI is InChI=1S/C12H12ClFN4/c1-7-3-4-10(14)9(11(7)13)5-16-18-6-8(2)17-12(18)15/h3-6H,1-2H3,(H2,15,17). The SMILES string of the molecule is Cc1cn(N=Cc2c(F)ccc(C)c2Cl)c(N)n1. The van der Waals surface area contributed by atoms with E-state index >= 15 is 0 Å². The second-order valence-electron chi connectivity index (χ2n) is 3.92. The van der Waals surface area contributed by atoms with Crippen LogP contribution in [-0.4, -0.2) is 15.9 Å². The zero-order valence-electron chi connectivity index (χ0n) is 9.98. The average molecular weight is 267 g/mol. The van der Waals surface area contributed by atoms with Gasteiger partial charge < -0.3 is 5.73 Å². The van der Waals surface area contributed by atoms with Crippen molar-refractivity contribution in [3.8, 4) is 0 Å².